The Kier molecular flexibility index (Phi) is 7.15. The van der Waals surface area contributed by atoms with Gasteiger partial charge in [-0.2, -0.15) is 0 Å². The first-order valence-electron chi connectivity index (χ1n) is 7.28. The van der Waals surface area contributed by atoms with Crippen LogP contribution in [0.4, 0.5) is 0 Å². The zero-order valence-electron chi connectivity index (χ0n) is 12.0. The van der Waals surface area contributed by atoms with Gasteiger partial charge in [-0.1, -0.05) is 20.3 Å². The summed E-state index contributed by atoms with van der Waals surface area (Å²) < 4.78 is 5.58. The lowest BCUT2D eigenvalue weighted by Crippen LogP contribution is -2.45. The molecular formula is C14H30N2O2. The Balaban J connectivity index is 2.29. The minimum absolute atomic E-state index is 0.127. The van der Waals surface area contributed by atoms with Crippen LogP contribution < -0.4 is 5.73 Å². The molecule has 1 fully saturated rings. The van der Waals surface area contributed by atoms with E-state index in [2.05, 4.69) is 18.7 Å². The molecule has 1 atom stereocenters. The molecule has 0 spiro atoms. The highest BCUT2D eigenvalue weighted by atomic mass is 16.5. The second kappa shape index (κ2) is 8.10. The van der Waals surface area contributed by atoms with E-state index >= 15 is 0 Å². The third-order valence-corrected chi connectivity index (χ3v) is 3.93. The molecule has 1 heterocycles. The van der Waals surface area contributed by atoms with Crippen LogP contribution in [0.15, 0.2) is 0 Å². The Bertz CT molecular complexity index is 218. The van der Waals surface area contributed by atoms with Crippen molar-refractivity contribution in [3.8, 4) is 0 Å². The lowest BCUT2D eigenvalue weighted by molar-refractivity contribution is -0.0139. The van der Waals surface area contributed by atoms with Crippen LogP contribution in [0.3, 0.4) is 0 Å². The first-order chi connectivity index (χ1) is 8.63. The maximum Gasteiger partial charge on any atom is 0.0701 e. The number of hydrogen-bond donors (Lipinski definition) is 2. The summed E-state index contributed by atoms with van der Waals surface area (Å²) in [6.45, 7) is 9.17. The van der Waals surface area contributed by atoms with E-state index in [-0.39, 0.29) is 12.0 Å². The van der Waals surface area contributed by atoms with E-state index in [1.807, 2.05) is 0 Å². The van der Waals surface area contributed by atoms with Gasteiger partial charge in [0.15, 0.2) is 0 Å². The number of nitrogens with zero attached hydrogens (tertiary/aromatic N) is 1. The number of ether oxygens (including phenoxy) is 1. The summed E-state index contributed by atoms with van der Waals surface area (Å²) >= 11 is 0. The minimum atomic E-state index is 0.127. The fraction of sp³-hybridized carbons (Fsp3) is 1.00. The van der Waals surface area contributed by atoms with Gasteiger partial charge in [0, 0.05) is 19.6 Å². The number of hydrogen-bond acceptors (Lipinski definition) is 4. The summed E-state index contributed by atoms with van der Waals surface area (Å²) in [7, 11) is 0. The lowest BCUT2D eigenvalue weighted by Gasteiger charge is -2.38. The van der Waals surface area contributed by atoms with Gasteiger partial charge >= 0.3 is 0 Å². The molecule has 1 unspecified atom stereocenters. The van der Waals surface area contributed by atoms with Gasteiger partial charge in [-0.15, -0.1) is 0 Å². The fourth-order valence-electron chi connectivity index (χ4n) is 2.84. The van der Waals surface area contributed by atoms with Gasteiger partial charge in [0.1, 0.15) is 0 Å². The van der Waals surface area contributed by atoms with Crippen molar-refractivity contribution in [3.05, 3.63) is 0 Å². The van der Waals surface area contributed by atoms with Crippen molar-refractivity contribution in [2.24, 2.45) is 11.1 Å². The molecule has 1 rings (SSSR count). The van der Waals surface area contributed by atoms with Crippen LogP contribution in [0.25, 0.3) is 0 Å². The van der Waals surface area contributed by atoms with Crippen molar-refractivity contribution < 1.29 is 9.84 Å². The molecular weight excluding hydrogens is 228 g/mol. The zero-order valence-corrected chi connectivity index (χ0v) is 12.0. The summed E-state index contributed by atoms with van der Waals surface area (Å²) in [6.07, 6.45) is 4.89. The van der Waals surface area contributed by atoms with Crippen LogP contribution in [0, 0.1) is 5.41 Å². The van der Waals surface area contributed by atoms with E-state index < -0.39 is 0 Å². The molecule has 0 aliphatic carbocycles. The smallest absolute Gasteiger partial charge is 0.0701 e. The molecule has 0 saturated carbocycles. The van der Waals surface area contributed by atoms with Crippen molar-refractivity contribution in [3.63, 3.8) is 0 Å². The van der Waals surface area contributed by atoms with Crippen molar-refractivity contribution in [2.45, 2.75) is 45.6 Å². The molecule has 0 bridgehead atoms. The summed E-state index contributed by atoms with van der Waals surface area (Å²) in [5.41, 5.74) is 6.18. The zero-order chi connectivity index (χ0) is 13.4. The Hall–Kier alpha value is -0.160. The SMILES string of the molecule is CCCC(C)(CN)CN1CCC(OCCO)CC1. The highest BCUT2D eigenvalue weighted by molar-refractivity contribution is 4.82. The van der Waals surface area contributed by atoms with E-state index in [1.165, 1.54) is 12.8 Å². The predicted octanol–water partition coefficient (Wildman–Crippen LogP) is 1.22. The van der Waals surface area contributed by atoms with Crippen LogP contribution >= 0.6 is 0 Å². The molecule has 0 aromatic rings. The first kappa shape index (κ1) is 15.9. The van der Waals surface area contributed by atoms with Crippen molar-refractivity contribution in [2.75, 3.05) is 39.4 Å². The molecule has 0 amide bonds. The molecule has 0 aromatic carbocycles. The topological polar surface area (TPSA) is 58.7 Å². The molecule has 108 valence electrons. The molecule has 4 nitrogen and oxygen atoms in total. The summed E-state index contributed by atoms with van der Waals surface area (Å²) in [5, 5.41) is 8.74. The molecule has 0 aromatic heterocycles. The highest BCUT2D eigenvalue weighted by Crippen LogP contribution is 2.25. The Labute approximate surface area is 111 Å². The Morgan fingerprint density at radius 1 is 1.39 bits per heavy atom. The predicted molar refractivity (Wildman–Crippen MR) is 74.6 cm³/mol. The number of aliphatic hydroxyl groups excluding tert-OH is 1. The van der Waals surface area contributed by atoms with Crippen molar-refractivity contribution >= 4 is 0 Å². The number of rotatable bonds is 8. The van der Waals surface area contributed by atoms with E-state index in [1.54, 1.807) is 0 Å². The number of nitrogens with two attached hydrogens (primary N) is 1. The quantitative estimate of drug-likeness (QED) is 0.687. The van der Waals surface area contributed by atoms with Crippen molar-refractivity contribution in [1.29, 1.82) is 0 Å². The van der Waals surface area contributed by atoms with E-state index in [9.17, 15) is 0 Å². The van der Waals surface area contributed by atoms with Gasteiger partial charge in [-0.3, -0.25) is 0 Å². The molecule has 4 heteroatoms. The summed E-state index contributed by atoms with van der Waals surface area (Å²) in [6, 6.07) is 0. The standard InChI is InChI=1S/C14H30N2O2/c1-3-6-14(2,11-15)12-16-7-4-13(5-8-16)18-10-9-17/h13,17H,3-12,15H2,1-2H3. The average Bonchev–Trinajstić information content (AvgIpc) is 2.38. The minimum Gasteiger partial charge on any atom is -0.394 e. The number of aliphatic hydroxyl groups is 1. The molecule has 1 aliphatic heterocycles. The van der Waals surface area contributed by atoms with E-state index in [4.69, 9.17) is 15.6 Å². The monoisotopic (exact) mass is 258 g/mol. The van der Waals surface area contributed by atoms with Gasteiger partial charge in [0.25, 0.3) is 0 Å². The van der Waals surface area contributed by atoms with Gasteiger partial charge < -0.3 is 20.5 Å². The van der Waals surface area contributed by atoms with Gasteiger partial charge in [0.05, 0.1) is 19.3 Å². The largest absolute Gasteiger partial charge is 0.394 e. The molecule has 0 radical (unpaired) electrons. The molecule has 1 saturated heterocycles. The maximum absolute atomic E-state index is 8.74. The Morgan fingerprint density at radius 3 is 2.56 bits per heavy atom. The van der Waals surface area contributed by atoms with Gasteiger partial charge in [0.2, 0.25) is 0 Å². The van der Waals surface area contributed by atoms with Crippen LogP contribution in [0.1, 0.15) is 39.5 Å². The number of piperidine rings is 1. The molecule has 1 aliphatic rings. The Morgan fingerprint density at radius 2 is 2.06 bits per heavy atom. The van der Waals surface area contributed by atoms with E-state index in [0.717, 1.165) is 39.0 Å². The average molecular weight is 258 g/mol. The first-order valence-corrected chi connectivity index (χ1v) is 7.28. The third kappa shape index (κ3) is 5.22. The van der Waals surface area contributed by atoms with Crippen LogP contribution in [0.5, 0.6) is 0 Å². The summed E-state index contributed by atoms with van der Waals surface area (Å²) in [4.78, 5) is 2.52. The second-order valence-corrected chi connectivity index (χ2v) is 5.83. The van der Waals surface area contributed by atoms with Crippen LogP contribution in [-0.2, 0) is 4.74 Å². The normalized spacial score (nSPS) is 22.0. The lowest BCUT2D eigenvalue weighted by atomic mass is 9.84. The third-order valence-electron chi connectivity index (χ3n) is 3.93. The summed E-state index contributed by atoms with van der Waals surface area (Å²) in [5.74, 6) is 0. The molecule has 3 N–H and O–H groups in total. The second-order valence-electron chi connectivity index (χ2n) is 5.83. The van der Waals surface area contributed by atoms with Crippen LogP contribution in [0.2, 0.25) is 0 Å². The van der Waals surface area contributed by atoms with Crippen LogP contribution in [-0.4, -0.2) is 55.5 Å². The maximum atomic E-state index is 8.74. The fourth-order valence-corrected chi connectivity index (χ4v) is 2.84. The van der Waals surface area contributed by atoms with Gasteiger partial charge in [-0.05, 0) is 31.2 Å². The highest BCUT2D eigenvalue weighted by Gasteiger charge is 2.27. The number of likely N-dealkylation sites (tertiary alicyclic amines) is 1. The molecule has 18 heavy (non-hydrogen) atoms. The van der Waals surface area contributed by atoms with E-state index in [0.29, 0.717) is 12.7 Å². The van der Waals surface area contributed by atoms with Gasteiger partial charge in [-0.25, -0.2) is 0 Å². The van der Waals surface area contributed by atoms with Crippen molar-refractivity contribution in [1.82, 2.24) is 4.90 Å².